The molecule has 1 fully saturated rings. The van der Waals surface area contributed by atoms with E-state index >= 15 is 0 Å². The van der Waals surface area contributed by atoms with Crippen LogP contribution in [0.5, 0.6) is 0 Å². The fourth-order valence-electron chi connectivity index (χ4n) is 4.29. The van der Waals surface area contributed by atoms with Crippen molar-refractivity contribution in [1.82, 2.24) is 24.8 Å². The van der Waals surface area contributed by atoms with Crippen LogP contribution in [0.25, 0.3) is 0 Å². The number of hydrogen-bond acceptors (Lipinski definition) is 6. The lowest BCUT2D eigenvalue weighted by atomic mass is 10.0. The normalized spacial score (nSPS) is 18.6. The number of nitrogens with one attached hydrogen (secondary N) is 2. The number of carbonyl (C=O) groups excluding carboxylic acids is 1. The summed E-state index contributed by atoms with van der Waals surface area (Å²) in [7, 11) is 3.57. The van der Waals surface area contributed by atoms with Crippen LogP contribution in [0.15, 0.2) is 10.9 Å². The molecule has 8 nitrogen and oxygen atoms in total. The van der Waals surface area contributed by atoms with Gasteiger partial charge in [-0.05, 0) is 51.3 Å². The lowest BCUT2D eigenvalue weighted by molar-refractivity contribution is 0.0728. The number of hydrogen-bond donors (Lipinski definition) is 2. The number of rotatable bonds is 3. The summed E-state index contributed by atoms with van der Waals surface area (Å²) in [5.41, 5.74) is 3.50. The summed E-state index contributed by atoms with van der Waals surface area (Å²) in [6.45, 7) is 5.60. The summed E-state index contributed by atoms with van der Waals surface area (Å²) in [6, 6.07) is 2.04. The van der Waals surface area contributed by atoms with Crippen molar-refractivity contribution >= 4 is 11.7 Å². The molecule has 1 saturated heterocycles. The first-order valence-electron chi connectivity index (χ1n) is 10.2. The molecule has 0 saturated carbocycles. The summed E-state index contributed by atoms with van der Waals surface area (Å²) < 4.78 is 1.53. The molecule has 1 amide bonds. The molecule has 2 aliphatic rings. The fourth-order valence-corrected chi connectivity index (χ4v) is 4.29. The van der Waals surface area contributed by atoms with Gasteiger partial charge in [-0.25, -0.2) is 9.97 Å². The summed E-state index contributed by atoms with van der Waals surface area (Å²) in [6.07, 6.45) is 2.80. The Morgan fingerprint density at radius 1 is 1.31 bits per heavy atom. The Hall–Kier alpha value is -2.74. The molecule has 0 aromatic carbocycles. The van der Waals surface area contributed by atoms with E-state index in [2.05, 4.69) is 10.6 Å². The number of anilines is 1. The Morgan fingerprint density at radius 2 is 2.10 bits per heavy atom. The van der Waals surface area contributed by atoms with Gasteiger partial charge in [-0.15, -0.1) is 0 Å². The van der Waals surface area contributed by atoms with E-state index in [-0.39, 0.29) is 23.1 Å². The van der Waals surface area contributed by atoms with Gasteiger partial charge in [0.25, 0.3) is 11.5 Å². The van der Waals surface area contributed by atoms with Crippen LogP contribution < -0.4 is 16.2 Å². The number of aryl methyl sites for hydroxylation is 2. The standard InChI is InChI=1S/C21H28N6O2/c1-12-10-13(2)26(4)20(28)17(12)21(29)27-9-7-14-16(11-27)24-19(25-18(14)22-3)15-6-5-8-23-15/h10,15,23H,5-9,11H2,1-4H3,(H,22,24,25). The van der Waals surface area contributed by atoms with E-state index in [1.807, 2.05) is 27.0 Å². The van der Waals surface area contributed by atoms with Gasteiger partial charge in [0.15, 0.2) is 0 Å². The van der Waals surface area contributed by atoms with E-state index in [4.69, 9.17) is 9.97 Å². The number of aromatic nitrogens is 3. The fraction of sp³-hybridized carbons (Fsp3) is 0.524. The molecule has 2 aliphatic heterocycles. The molecule has 29 heavy (non-hydrogen) atoms. The quantitative estimate of drug-likeness (QED) is 0.816. The van der Waals surface area contributed by atoms with Crippen molar-refractivity contribution in [2.24, 2.45) is 7.05 Å². The highest BCUT2D eigenvalue weighted by Crippen LogP contribution is 2.28. The predicted octanol–water partition coefficient (Wildman–Crippen LogP) is 1.46. The van der Waals surface area contributed by atoms with Gasteiger partial charge in [0.2, 0.25) is 0 Å². The summed E-state index contributed by atoms with van der Waals surface area (Å²) in [5.74, 6) is 1.40. The first-order valence-corrected chi connectivity index (χ1v) is 10.2. The SMILES string of the molecule is CNc1nc(C2CCCN2)nc2c1CCN(C(=O)c1c(C)cc(C)n(C)c1=O)C2. The summed E-state index contributed by atoms with van der Waals surface area (Å²) >= 11 is 0. The van der Waals surface area contributed by atoms with Gasteiger partial charge in [0.1, 0.15) is 17.2 Å². The van der Waals surface area contributed by atoms with E-state index in [0.717, 1.165) is 53.5 Å². The van der Waals surface area contributed by atoms with Gasteiger partial charge in [0.05, 0.1) is 18.3 Å². The lowest BCUT2D eigenvalue weighted by Crippen LogP contribution is -2.41. The minimum absolute atomic E-state index is 0.158. The van der Waals surface area contributed by atoms with Crippen LogP contribution in [0.4, 0.5) is 5.82 Å². The highest BCUT2D eigenvalue weighted by atomic mass is 16.2. The molecule has 0 bridgehead atoms. The van der Waals surface area contributed by atoms with Crippen molar-refractivity contribution in [3.8, 4) is 0 Å². The van der Waals surface area contributed by atoms with Gasteiger partial charge in [-0.2, -0.15) is 0 Å². The highest BCUT2D eigenvalue weighted by Gasteiger charge is 2.30. The third-order valence-electron chi connectivity index (χ3n) is 6.06. The van der Waals surface area contributed by atoms with Crippen LogP contribution in [0.1, 0.15) is 57.6 Å². The predicted molar refractivity (Wildman–Crippen MR) is 111 cm³/mol. The maximum absolute atomic E-state index is 13.3. The second-order valence-corrected chi connectivity index (χ2v) is 7.94. The van der Waals surface area contributed by atoms with Crippen LogP contribution in [0, 0.1) is 13.8 Å². The largest absolute Gasteiger partial charge is 0.373 e. The van der Waals surface area contributed by atoms with Crippen LogP contribution in [0.3, 0.4) is 0 Å². The van der Waals surface area contributed by atoms with Gasteiger partial charge in [-0.3, -0.25) is 9.59 Å². The molecule has 0 aliphatic carbocycles. The van der Waals surface area contributed by atoms with Crippen LogP contribution in [-0.2, 0) is 20.0 Å². The lowest BCUT2D eigenvalue weighted by Gasteiger charge is -2.30. The third kappa shape index (κ3) is 3.42. The third-order valence-corrected chi connectivity index (χ3v) is 6.06. The highest BCUT2D eigenvalue weighted by molar-refractivity contribution is 5.95. The zero-order valence-electron chi connectivity index (χ0n) is 17.5. The molecule has 154 valence electrons. The average molecular weight is 396 g/mol. The molecule has 2 N–H and O–H groups in total. The Balaban J connectivity index is 1.68. The van der Waals surface area contributed by atoms with E-state index in [0.29, 0.717) is 19.5 Å². The first kappa shape index (κ1) is 19.6. The van der Waals surface area contributed by atoms with Crippen molar-refractivity contribution in [1.29, 1.82) is 0 Å². The maximum atomic E-state index is 13.3. The average Bonchev–Trinajstić information content (AvgIpc) is 3.25. The molecule has 0 radical (unpaired) electrons. The Bertz CT molecular complexity index is 1020. The molecule has 0 spiro atoms. The van der Waals surface area contributed by atoms with Crippen molar-refractivity contribution in [2.75, 3.05) is 25.5 Å². The molecule has 4 rings (SSSR count). The number of amides is 1. The first-order chi connectivity index (χ1) is 13.9. The zero-order valence-corrected chi connectivity index (χ0v) is 17.5. The van der Waals surface area contributed by atoms with E-state index in [1.165, 1.54) is 4.57 Å². The van der Waals surface area contributed by atoms with E-state index in [1.54, 1.807) is 11.9 Å². The molecule has 2 aromatic heterocycles. The smallest absolute Gasteiger partial charge is 0.263 e. The van der Waals surface area contributed by atoms with Crippen LogP contribution in [-0.4, -0.2) is 45.5 Å². The Kier molecular flexibility index (Phi) is 5.12. The van der Waals surface area contributed by atoms with Crippen molar-refractivity contribution in [2.45, 2.75) is 45.7 Å². The van der Waals surface area contributed by atoms with Crippen molar-refractivity contribution in [3.05, 3.63) is 50.3 Å². The molecule has 2 aromatic rings. The van der Waals surface area contributed by atoms with E-state index in [9.17, 15) is 9.59 Å². The summed E-state index contributed by atoms with van der Waals surface area (Å²) in [5, 5.41) is 6.63. The van der Waals surface area contributed by atoms with Crippen LogP contribution >= 0.6 is 0 Å². The number of pyridine rings is 1. The maximum Gasteiger partial charge on any atom is 0.263 e. The number of nitrogens with zero attached hydrogens (tertiary/aromatic N) is 4. The van der Waals surface area contributed by atoms with E-state index < -0.39 is 0 Å². The van der Waals surface area contributed by atoms with Crippen molar-refractivity contribution in [3.63, 3.8) is 0 Å². The number of carbonyl (C=O) groups is 1. The van der Waals surface area contributed by atoms with Gasteiger partial charge in [0, 0.05) is 31.9 Å². The summed E-state index contributed by atoms with van der Waals surface area (Å²) in [4.78, 5) is 37.3. The second-order valence-electron chi connectivity index (χ2n) is 7.94. The zero-order chi connectivity index (χ0) is 20.7. The minimum Gasteiger partial charge on any atom is -0.373 e. The van der Waals surface area contributed by atoms with Crippen LogP contribution in [0.2, 0.25) is 0 Å². The van der Waals surface area contributed by atoms with Gasteiger partial charge < -0.3 is 20.1 Å². The molecule has 1 atom stereocenters. The second kappa shape index (κ2) is 7.59. The number of fused-ring (bicyclic) bond motifs is 1. The molecular weight excluding hydrogens is 368 g/mol. The Labute approximate surface area is 170 Å². The molecule has 8 heteroatoms. The minimum atomic E-state index is -0.243. The molecule has 4 heterocycles. The van der Waals surface area contributed by atoms with Gasteiger partial charge in [-0.1, -0.05) is 0 Å². The molecule has 1 unspecified atom stereocenters. The van der Waals surface area contributed by atoms with Crippen molar-refractivity contribution < 1.29 is 4.79 Å². The topological polar surface area (TPSA) is 92.2 Å². The van der Waals surface area contributed by atoms with Gasteiger partial charge >= 0.3 is 0 Å². The molecular formula is C21H28N6O2. The monoisotopic (exact) mass is 396 g/mol. The Morgan fingerprint density at radius 3 is 2.79 bits per heavy atom.